The van der Waals surface area contributed by atoms with Gasteiger partial charge in [0.05, 0.1) is 16.4 Å². The predicted molar refractivity (Wildman–Crippen MR) is 118 cm³/mol. The predicted octanol–water partition coefficient (Wildman–Crippen LogP) is 5.67. The number of nitrogens with zero attached hydrogens (tertiary/aromatic N) is 2. The van der Waals surface area contributed by atoms with E-state index < -0.39 is 52.3 Å². The lowest BCUT2D eigenvalue weighted by atomic mass is 9.59. The van der Waals surface area contributed by atoms with Crippen molar-refractivity contribution < 1.29 is 32.2 Å². The molecule has 1 heterocycles. The van der Waals surface area contributed by atoms with E-state index in [4.69, 9.17) is 11.6 Å². The van der Waals surface area contributed by atoms with Crippen LogP contribution in [0.15, 0.2) is 41.3 Å². The van der Waals surface area contributed by atoms with Crippen molar-refractivity contribution in [1.29, 1.82) is 0 Å². The Morgan fingerprint density at radius 2 is 1.85 bits per heavy atom. The van der Waals surface area contributed by atoms with E-state index in [1.165, 1.54) is 27.0 Å². The number of fused-ring (bicyclic) bond motifs is 2. The maximum atomic E-state index is 14.9. The summed E-state index contributed by atoms with van der Waals surface area (Å²) >= 11 is 6.23. The van der Waals surface area contributed by atoms with Gasteiger partial charge >= 0.3 is 6.18 Å². The molecule has 4 atom stereocenters. The molecule has 184 valence electrons. The van der Waals surface area contributed by atoms with Gasteiger partial charge in [-0.25, -0.2) is 18.7 Å². The quantitative estimate of drug-likeness (QED) is 0.363. The van der Waals surface area contributed by atoms with Crippen LogP contribution in [0.25, 0.3) is 10.9 Å². The van der Waals surface area contributed by atoms with Crippen molar-refractivity contribution in [2.24, 2.45) is 5.41 Å². The van der Waals surface area contributed by atoms with Gasteiger partial charge in [-0.1, -0.05) is 19.9 Å². The maximum absolute atomic E-state index is 14.9. The minimum absolute atomic E-state index is 0.0858. The summed E-state index contributed by atoms with van der Waals surface area (Å²) in [7, 11) is 0. The number of aromatic nitrogens is 2. The number of aliphatic hydroxyl groups is 2. The Kier molecular flexibility index (Phi) is 5.45. The lowest BCUT2D eigenvalue weighted by Crippen LogP contribution is -2.64. The molecule has 1 aromatic carbocycles. The van der Waals surface area contributed by atoms with Gasteiger partial charge in [-0.05, 0) is 37.3 Å². The molecule has 4 rings (SSSR count). The molecule has 0 bridgehead atoms. The number of aliphatic hydroxyl groups excluding tert-OH is 1. The molecule has 3 N–H and O–H groups in total. The molecule has 2 aromatic rings. The number of aryl methyl sites for hydroxylation is 1. The zero-order valence-corrected chi connectivity index (χ0v) is 19.5. The zero-order chi connectivity index (χ0) is 25.4. The summed E-state index contributed by atoms with van der Waals surface area (Å²) in [6, 6.07) is 0.118. The van der Waals surface area contributed by atoms with Crippen LogP contribution in [0.4, 0.5) is 27.6 Å². The molecule has 5 nitrogen and oxygen atoms in total. The van der Waals surface area contributed by atoms with E-state index in [2.05, 4.69) is 15.3 Å². The van der Waals surface area contributed by atoms with Crippen LogP contribution >= 0.6 is 11.6 Å². The number of allylic oxidation sites excluding steroid dienone is 2. The molecule has 0 spiro atoms. The van der Waals surface area contributed by atoms with Gasteiger partial charge in [0.25, 0.3) is 0 Å². The Morgan fingerprint density at radius 3 is 2.47 bits per heavy atom. The number of nitrogens with one attached hydrogen (secondary N) is 1. The summed E-state index contributed by atoms with van der Waals surface area (Å²) in [4.78, 5) is 6.27. The molecule has 1 saturated carbocycles. The van der Waals surface area contributed by atoms with Crippen LogP contribution < -0.4 is 5.32 Å². The van der Waals surface area contributed by atoms with Crippen molar-refractivity contribution >= 4 is 28.2 Å². The van der Waals surface area contributed by atoms with Gasteiger partial charge in [0.2, 0.25) is 0 Å². The summed E-state index contributed by atoms with van der Waals surface area (Å²) < 4.78 is 72.4. The summed E-state index contributed by atoms with van der Waals surface area (Å²) in [5.74, 6) is -1.24. The summed E-state index contributed by atoms with van der Waals surface area (Å²) in [5.41, 5.74) is -5.11. The van der Waals surface area contributed by atoms with Crippen LogP contribution in [0.3, 0.4) is 0 Å². The highest BCUT2D eigenvalue weighted by molar-refractivity contribution is 6.26. The SMILES string of the molecule is Cc1ncc2c(NC3C4=CC(C)(Cl)C(F)C(O)=C4C(C)(C)CC3(O)C(F)(F)F)cc(F)cc2n1. The topological polar surface area (TPSA) is 78.3 Å². The molecule has 0 radical (unpaired) electrons. The fourth-order valence-electron chi connectivity index (χ4n) is 5.01. The third-order valence-electron chi connectivity index (χ3n) is 6.47. The fraction of sp³-hybridized carbons (Fsp3) is 0.478. The second-order valence-corrected chi connectivity index (χ2v) is 10.6. The van der Waals surface area contributed by atoms with E-state index in [-0.39, 0.29) is 27.7 Å². The van der Waals surface area contributed by atoms with Crippen LogP contribution in [0.1, 0.15) is 33.0 Å². The number of alkyl halides is 5. The van der Waals surface area contributed by atoms with Crippen molar-refractivity contribution in [3.63, 3.8) is 0 Å². The molecule has 2 aliphatic rings. The zero-order valence-electron chi connectivity index (χ0n) is 18.7. The Labute approximate surface area is 197 Å². The Bertz CT molecular complexity index is 1240. The molecule has 34 heavy (non-hydrogen) atoms. The van der Waals surface area contributed by atoms with Crippen LogP contribution in [-0.2, 0) is 0 Å². The molecule has 4 unspecified atom stereocenters. The monoisotopic (exact) mass is 503 g/mol. The molecular formula is C23H23ClF5N3O2. The summed E-state index contributed by atoms with van der Waals surface area (Å²) in [6.45, 7) is 5.53. The third-order valence-corrected chi connectivity index (χ3v) is 6.77. The first kappa shape index (κ1) is 24.7. The number of benzene rings is 1. The van der Waals surface area contributed by atoms with E-state index in [1.807, 2.05) is 0 Å². The molecule has 1 aromatic heterocycles. The number of hydrogen-bond acceptors (Lipinski definition) is 5. The van der Waals surface area contributed by atoms with E-state index in [1.54, 1.807) is 6.92 Å². The van der Waals surface area contributed by atoms with Crippen LogP contribution in [0, 0.1) is 18.2 Å². The standard InChI is InChI=1S/C23H23ClF5N3O2/c1-10-30-8-13-14(31-10)5-11(25)6-15(13)32-19-12-7-21(4,24)18(26)17(33)16(12)20(2,3)9-22(19,34)23(27,28)29/h5-8,18-19,32-34H,9H2,1-4H3. The van der Waals surface area contributed by atoms with Crippen molar-refractivity contribution in [3.8, 4) is 0 Å². The molecular weight excluding hydrogens is 481 g/mol. The van der Waals surface area contributed by atoms with Crippen LogP contribution in [0.2, 0.25) is 0 Å². The van der Waals surface area contributed by atoms with Gasteiger partial charge in [-0.3, -0.25) is 0 Å². The van der Waals surface area contributed by atoms with Crippen LogP contribution in [-0.4, -0.2) is 49.0 Å². The number of anilines is 1. The highest BCUT2D eigenvalue weighted by Gasteiger charge is 2.66. The largest absolute Gasteiger partial charge is 0.509 e. The van der Waals surface area contributed by atoms with Crippen molar-refractivity contribution in [3.05, 3.63) is 53.0 Å². The summed E-state index contributed by atoms with van der Waals surface area (Å²) in [6.07, 6.45) is -5.71. The normalized spacial score (nSPS) is 31.3. The second kappa shape index (κ2) is 7.52. The van der Waals surface area contributed by atoms with Gasteiger partial charge in [0.1, 0.15) is 17.4 Å². The van der Waals surface area contributed by atoms with E-state index in [0.29, 0.717) is 5.82 Å². The first-order valence-corrected chi connectivity index (χ1v) is 10.8. The van der Waals surface area contributed by atoms with Gasteiger partial charge in [-0.2, -0.15) is 13.2 Å². The fourth-order valence-corrected chi connectivity index (χ4v) is 5.23. The third kappa shape index (κ3) is 3.71. The average molecular weight is 504 g/mol. The van der Waals surface area contributed by atoms with Gasteiger partial charge in [-0.15, -0.1) is 11.6 Å². The first-order valence-electron chi connectivity index (χ1n) is 10.5. The average Bonchev–Trinajstić information content (AvgIpc) is 2.66. The first-order chi connectivity index (χ1) is 15.5. The minimum atomic E-state index is -5.14. The maximum Gasteiger partial charge on any atom is 0.419 e. The smallest absolute Gasteiger partial charge is 0.419 e. The Morgan fingerprint density at radius 1 is 1.21 bits per heavy atom. The lowest BCUT2D eigenvalue weighted by Gasteiger charge is -2.52. The molecule has 0 aliphatic heterocycles. The minimum Gasteiger partial charge on any atom is -0.509 e. The van der Waals surface area contributed by atoms with E-state index >= 15 is 0 Å². The number of rotatable bonds is 2. The number of hydrogen-bond donors (Lipinski definition) is 3. The molecule has 0 saturated heterocycles. The Balaban J connectivity index is 1.98. The molecule has 1 fully saturated rings. The van der Waals surface area contributed by atoms with E-state index in [0.717, 1.165) is 18.2 Å². The molecule has 2 aliphatic carbocycles. The molecule has 11 heteroatoms. The lowest BCUT2D eigenvalue weighted by molar-refractivity contribution is -0.273. The van der Waals surface area contributed by atoms with Crippen LogP contribution in [0.5, 0.6) is 0 Å². The second-order valence-electron chi connectivity index (χ2n) is 9.74. The van der Waals surface area contributed by atoms with Crippen molar-refractivity contribution in [2.45, 2.75) is 63.0 Å². The van der Waals surface area contributed by atoms with Gasteiger partial charge < -0.3 is 15.5 Å². The highest BCUT2D eigenvalue weighted by Crippen LogP contribution is 2.57. The van der Waals surface area contributed by atoms with Crippen molar-refractivity contribution in [1.82, 2.24) is 9.97 Å². The summed E-state index contributed by atoms with van der Waals surface area (Å²) in [5, 5.41) is 24.6. The van der Waals surface area contributed by atoms with Gasteiger partial charge in [0, 0.05) is 28.9 Å². The number of halogens is 6. The van der Waals surface area contributed by atoms with E-state index in [9.17, 15) is 32.2 Å². The Hall–Kier alpha value is -2.46. The van der Waals surface area contributed by atoms with Crippen molar-refractivity contribution in [2.75, 3.05) is 5.32 Å². The highest BCUT2D eigenvalue weighted by atomic mass is 35.5. The molecule has 0 amide bonds. The van der Waals surface area contributed by atoms with Gasteiger partial charge in [0.15, 0.2) is 11.8 Å².